The number of rotatable bonds is 10. The zero-order valence-electron chi connectivity index (χ0n) is 22.1. The topological polar surface area (TPSA) is 157 Å². The summed E-state index contributed by atoms with van der Waals surface area (Å²) < 4.78 is 36.5. The monoisotopic (exact) mass is 583 g/mol. The number of hydrogen-bond acceptors (Lipinski definition) is 9. The lowest BCUT2D eigenvalue weighted by molar-refractivity contribution is 0.105. The molecule has 0 saturated carbocycles. The van der Waals surface area contributed by atoms with Crippen molar-refractivity contribution in [3.05, 3.63) is 30.3 Å². The van der Waals surface area contributed by atoms with Gasteiger partial charge >= 0.3 is 0 Å². The van der Waals surface area contributed by atoms with E-state index >= 15 is 0 Å². The smallest absolute Gasteiger partial charge is 0.211 e. The normalized spacial score (nSPS) is 24.1. The minimum Gasteiger partial charge on any atom is -0.372 e. The molecule has 15 heteroatoms. The van der Waals surface area contributed by atoms with Crippen LogP contribution in [0.5, 0.6) is 0 Å². The molecular weight excluding hydrogens is 539 g/mol. The van der Waals surface area contributed by atoms with Gasteiger partial charge in [-0.2, -0.15) is 0 Å². The van der Waals surface area contributed by atoms with Crippen LogP contribution in [-0.2, 0) is 13.7 Å². The highest BCUT2D eigenvalue weighted by atomic mass is 31.2. The van der Waals surface area contributed by atoms with Crippen LogP contribution >= 0.6 is 22.1 Å². The fourth-order valence-electron chi connectivity index (χ4n) is 4.32. The van der Waals surface area contributed by atoms with Gasteiger partial charge in [0.15, 0.2) is 0 Å². The Labute approximate surface area is 220 Å². The lowest BCUT2D eigenvalue weighted by Crippen LogP contribution is -2.48. The first kappa shape index (κ1) is 32.6. The SMILES string of the molecule is CP(=O)(O)CN1CCN(CC(O)Nc2ccccc2)CCN(CP(C)(=O)O)CCN(CP(C)(=O)O)CC1. The van der Waals surface area contributed by atoms with Crippen molar-refractivity contribution in [2.45, 2.75) is 6.23 Å². The van der Waals surface area contributed by atoms with Gasteiger partial charge in [0.2, 0.25) is 22.1 Å². The summed E-state index contributed by atoms with van der Waals surface area (Å²) in [6, 6.07) is 9.34. The molecule has 1 heterocycles. The molecule has 0 amide bonds. The maximum absolute atomic E-state index is 12.2. The van der Waals surface area contributed by atoms with Crippen molar-refractivity contribution in [2.75, 3.05) is 103 Å². The fourth-order valence-corrected chi connectivity index (χ4v) is 7.39. The van der Waals surface area contributed by atoms with Crippen LogP contribution in [0, 0.1) is 0 Å². The van der Waals surface area contributed by atoms with Crippen LogP contribution in [0.25, 0.3) is 0 Å². The molecule has 1 aliphatic heterocycles. The van der Waals surface area contributed by atoms with Crippen molar-refractivity contribution in [1.82, 2.24) is 19.6 Å². The van der Waals surface area contributed by atoms with Crippen molar-refractivity contribution in [2.24, 2.45) is 0 Å². The molecule has 1 aromatic rings. The number of benzene rings is 1. The molecule has 0 aliphatic carbocycles. The number of nitrogens with one attached hydrogen (secondary N) is 1. The van der Waals surface area contributed by atoms with E-state index in [2.05, 4.69) is 5.32 Å². The average Bonchev–Trinajstić information content (AvgIpc) is 2.73. The highest BCUT2D eigenvalue weighted by Crippen LogP contribution is 2.38. The zero-order chi connectivity index (χ0) is 27.7. The van der Waals surface area contributed by atoms with Crippen LogP contribution < -0.4 is 5.32 Å². The highest BCUT2D eigenvalue weighted by molar-refractivity contribution is 7.57. The third-order valence-corrected chi connectivity index (χ3v) is 8.63. The lowest BCUT2D eigenvalue weighted by atomic mass is 10.3. The van der Waals surface area contributed by atoms with Crippen LogP contribution in [0.1, 0.15) is 0 Å². The zero-order valence-corrected chi connectivity index (χ0v) is 24.8. The van der Waals surface area contributed by atoms with Crippen LogP contribution in [0.4, 0.5) is 5.69 Å². The third-order valence-electron chi connectivity index (χ3n) is 5.86. The predicted octanol–water partition coefficient (Wildman–Crippen LogP) is 1.21. The van der Waals surface area contributed by atoms with E-state index in [1.807, 2.05) is 49.9 Å². The molecule has 4 atom stereocenters. The largest absolute Gasteiger partial charge is 0.372 e. The predicted molar refractivity (Wildman–Crippen MR) is 149 cm³/mol. The Balaban J connectivity index is 2.19. The average molecular weight is 584 g/mol. The van der Waals surface area contributed by atoms with Crippen molar-refractivity contribution < 1.29 is 33.5 Å². The van der Waals surface area contributed by atoms with E-state index in [-0.39, 0.29) is 25.4 Å². The number of aliphatic hydroxyl groups is 1. The van der Waals surface area contributed by atoms with E-state index in [4.69, 9.17) is 0 Å². The van der Waals surface area contributed by atoms with Crippen molar-refractivity contribution >= 4 is 27.8 Å². The minimum atomic E-state index is -3.35. The van der Waals surface area contributed by atoms with Crippen LogP contribution in [0.2, 0.25) is 0 Å². The van der Waals surface area contributed by atoms with Crippen molar-refractivity contribution in [1.29, 1.82) is 0 Å². The molecule has 1 fully saturated rings. The molecule has 0 aromatic heterocycles. The van der Waals surface area contributed by atoms with Gasteiger partial charge in [-0.3, -0.25) is 33.3 Å². The summed E-state index contributed by atoms with van der Waals surface area (Å²) in [7, 11) is -10.0. The Bertz CT molecular complexity index is 915. The molecule has 0 bridgehead atoms. The van der Waals surface area contributed by atoms with E-state index in [0.29, 0.717) is 52.4 Å². The van der Waals surface area contributed by atoms with Crippen LogP contribution in [0.3, 0.4) is 0 Å². The van der Waals surface area contributed by atoms with Gasteiger partial charge in [0.1, 0.15) is 6.23 Å². The Morgan fingerprint density at radius 1 is 0.676 bits per heavy atom. The molecule has 4 unspecified atom stereocenters. The maximum Gasteiger partial charge on any atom is 0.211 e. The molecule has 214 valence electrons. The first-order chi connectivity index (χ1) is 17.1. The maximum atomic E-state index is 12.2. The number of para-hydroxylation sites is 1. The highest BCUT2D eigenvalue weighted by Gasteiger charge is 2.25. The van der Waals surface area contributed by atoms with Gasteiger partial charge in [-0.05, 0) is 12.1 Å². The number of anilines is 1. The van der Waals surface area contributed by atoms with Gasteiger partial charge in [0.25, 0.3) is 0 Å². The summed E-state index contributed by atoms with van der Waals surface area (Å²) >= 11 is 0. The molecule has 1 saturated heterocycles. The number of nitrogens with zero attached hydrogens (tertiary/aromatic N) is 4. The summed E-state index contributed by atoms with van der Waals surface area (Å²) in [6.45, 7) is 7.79. The van der Waals surface area contributed by atoms with Crippen LogP contribution in [-0.4, -0.2) is 143 Å². The Morgan fingerprint density at radius 2 is 1.00 bits per heavy atom. The molecule has 37 heavy (non-hydrogen) atoms. The molecule has 5 N–H and O–H groups in total. The Morgan fingerprint density at radius 3 is 1.32 bits per heavy atom. The Kier molecular flexibility index (Phi) is 12.9. The molecule has 1 aromatic carbocycles. The standard InChI is InChI=1S/C22H44N5O7P3/c1-35(29,30)18-25-11-9-24(17-22(28)23-21-7-5-4-6-8-21)10-12-26(19-36(2,31)32)14-16-27(15-13-25)20-37(3,33)34/h4-8,22-23,28H,9-20H2,1-3H3,(H,29,30)(H,31,32)(H,33,34). The van der Waals surface area contributed by atoms with E-state index in [1.54, 1.807) is 0 Å². The summed E-state index contributed by atoms with van der Waals surface area (Å²) in [5.74, 6) is 0. The molecule has 1 aliphatic rings. The van der Waals surface area contributed by atoms with Gasteiger partial charge in [0.05, 0.1) is 18.9 Å². The number of β-amino-alcohol motifs (C(OH)–C–C–N with tert-alkyl or cyclic N) is 1. The van der Waals surface area contributed by atoms with Gasteiger partial charge in [-0.25, -0.2) is 0 Å². The molecule has 2 rings (SSSR count). The second kappa shape index (κ2) is 14.7. The van der Waals surface area contributed by atoms with Crippen molar-refractivity contribution in [3.63, 3.8) is 0 Å². The third kappa shape index (κ3) is 15.5. The Hall–Kier alpha value is -0.610. The van der Waals surface area contributed by atoms with Crippen LogP contribution in [0.15, 0.2) is 30.3 Å². The summed E-state index contributed by atoms with van der Waals surface area (Å²) in [4.78, 5) is 37.6. The molecular formula is C22H44N5O7P3. The first-order valence-electron chi connectivity index (χ1n) is 12.3. The summed E-state index contributed by atoms with van der Waals surface area (Å²) in [6.07, 6.45) is -0.888. The van der Waals surface area contributed by atoms with E-state index in [1.165, 1.54) is 20.0 Å². The second-order valence-electron chi connectivity index (χ2n) is 10.3. The first-order valence-corrected chi connectivity index (χ1v) is 19.2. The van der Waals surface area contributed by atoms with E-state index in [9.17, 15) is 33.5 Å². The second-order valence-corrected chi connectivity index (χ2v) is 17.4. The summed E-state index contributed by atoms with van der Waals surface area (Å²) in [5.41, 5.74) is 0.782. The quantitative estimate of drug-likeness (QED) is 0.199. The lowest BCUT2D eigenvalue weighted by Gasteiger charge is -2.35. The van der Waals surface area contributed by atoms with Crippen molar-refractivity contribution in [3.8, 4) is 0 Å². The summed E-state index contributed by atoms with van der Waals surface area (Å²) in [5, 5.41) is 13.7. The van der Waals surface area contributed by atoms with E-state index in [0.717, 1.165) is 5.69 Å². The minimum absolute atomic E-state index is 0.00192. The fraction of sp³-hybridized carbons (Fsp3) is 0.727. The van der Waals surface area contributed by atoms with Gasteiger partial charge in [-0.15, -0.1) is 0 Å². The number of aliphatic hydroxyl groups excluding tert-OH is 1. The van der Waals surface area contributed by atoms with Gasteiger partial charge in [0, 0.05) is 84.6 Å². The van der Waals surface area contributed by atoms with E-state index < -0.39 is 28.3 Å². The number of hydrogen-bond donors (Lipinski definition) is 5. The molecule has 12 nitrogen and oxygen atoms in total. The molecule has 0 radical (unpaired) electrons. The molecule has 0 spiro atoms. The van der Waals surface area contributed by atoms with Gasteiger partial charge < -0.3 is 25.1 Å². The van der Waals surface area contributed by atoms with Gasteiger partial charge in [-0.1, -0.05) is 18.2 Å².